The average molecular weight is 305 g/mol. The van der Waals surface area contributed by atoms with Crippen LogP contribution in [0.25, 0.3) is 0 Å². The summed E-state index contributed by atoms with van der Waals surface area (Å²) in [5, 5.41) is 5.34. The van der Waals surface area contributed by atoms with Crippen LogP contribution >= 0.6 is 11.3 Å². The Morgan fingerprint density at radius 3 is 2.90 bits per heavy atom. The maximum Gasteiger partial charge on any atom is 0.220 e. The summed E-state index contributed by atoms with van der Waals surface area (Å²) in [5.74, 6) is 0.876. The van der Waals surface area contributed by atoms with Crippen LogP contribution in [0.4, 0.5) is 5.13 Å². The van der Waals surface area contributed by atoms with Gasteiger partial charge in [0.05, 0.1) is 12.8 Å². The van der Waals surface area contributed by atoms with Gasteiger partial charge in [0, 0.05) is 18.3 Å². The minimum absolute atomic E-state index is 0.0245. The minimum atomic E-state index is 0.0245. The van der Waals surface area contributed by atoms with Crippen LogP contribution in [0.15, 0.2) is 29.6 Å². The van der Waals surface area contributed by atoms with Crippen LogP contribution < -0.4 is 15.8 Å². The second-order valence-corrected chi connectivity index (χ2v) is 5.48. The number of aryl methyl sites for hydroxylation is 1. The number of rotatable bonds is 7. The molecule has 1 aromatic carbocycles. The number of nitrogen functional groups attached to an aromatic ring is 1. The third kappa shape index (κ3) is 4.75. The lowest BCUT2D eigenvalue weighted by atomic mass is 10.1. The fourth-order valence-corrected chi connectivity index (χ4v) is 2.61. The van der Waals surface area contributed by atoms with Crippen LogP contribution in [-0.2, 0) is 17.6 Å². The van der Waals surface area contributed by atoms with Gasteiger partial charge < -0.3 is 15.8 Å². The van der Waals surface area contributed by atoms with E-state index in [4.69, 9.17) is 10.5 Å². The van der Waals surface area contributed by atoms with Crippen molar-refractivity contribution in [1.29, 1.82) is 0 Å². The van der Waals surface area contributed by atoms with Gasteiger partial charge in [-0.2, -0.15) is 0 Å². The molecular formula is C15H19N3O2S. The Kier molecular flexibility index (Phi) is 5.57. The van der Waals surface area contributed by atoms with Gasteiger partial charge in [0.1, 0.15) is 5.75 Å². The number of ether oxygens (including phenoxy) is 1. The molecule has 6 heteroatoms. The second-order valence-electron chi connectivity index (χ2n) is 4.59. The minimum Gasteiger partial charge on any atom is -0.496 e. The van der Waals surface area contributed by atoms with Gasteiger partial charge in [-0.15, -0.1) is 11.3 Å². The standard InChI is InChI=1S/C15H19N3O2S/c1-20-13-5-3-2-4-11(13)8-9-17-14(19)7-6-12-10-21-15(16)18-12/h2-5,10H,6-9H2,1H3,(H2,16,18)(H,17,19). The first-order valence-corrected chi connectivity index (χ1v) is 7.65. The molecule has 5 nitrogen and oxygen atoms in total. The molecule has 0 spiro atoms. The topological polar surface area (TPSA) is 77.2 Å². The summed E-state index contributed by atoms with van der Waals surface area (Å²) >= 11 is 1.40. The summed E-state index contributed by atoms with van der Waals surface area (Å²) < 4.78 is 5.28. The Hall–Kier alpha value is -2.08. The lowest BCUT2D eigenvalue weighted by molar-refractivity contribution is -0.121. The van der Waals surface area contributed by atoms with E-state index in [0.29, 0.717) is 24.5 Å². The van der Waals surface area contributed by atoms with Crippen molar-refractivity contribution < 1.29 is 9.53 Å². The number of para-hydroxylation sites is 1. The molecule has 0 bridgehead atoms. The van der Waals surface area contributed by atoms with Crippen molar-refractivity contribution in [1.82, 2.24) is 10.3 Å². The highest BCUT2D eigenvalue weighted by Crippen LogP contribution is 2.17. The molecule has 0 saturated carbocycles. The molecule has 21 heavy (non-hydrogen) atoms. The smallest absolute Gasteiger partial charge is 0.220 e. The molecule has 0 radical (unpaired) electrons. The van der Waals surface area contributed by atoms with E-state index in [9.17, 15) is 4.79 Å². The van der Waals surface area contributed by atoms with Crippen LogP contribution in [0.3, 0.4) is 0 Å². The zero-order valence-corrected chi connectivity index (χ0v) is 12.8. The zero-order valence-electron chi connectivity index (χ0n) is 12.0. The van der Waals surface area contributed by atoms with E-state index < -0.39 is 0 Å². The van der Waals surface area contributed by atoms with Gasteiger partial charge >= 0.3 is 0 Å². The highest BCUT2D eigenvalue weighted by molar-refractivity contribution is 7.13. The zero-order chi connectivity index (χ0) is 15.1. The number of methoxy groups -OCH3 is 1. The molecule has 1 aromatic heterocycles. The van der Waals surface area contributed by atoms with Crippen molar-refractivity contribution in [3.8, 4) is 5.75 Å². The maximum absolute atomic E-state index is 11.8. The van der Waals surface area contributed by atoms with Crippen LogP contribution in [-0.4, -0.2) is 24.5 Å². The van der Waals surface area contributed by atoms with Crippen LogP contribution in [0.5, 0.6) is 5.75 Å². The maximum atomic E-state index is 11.8. The molecule has 0 fully saturated rings. The number of thiazole rings is 1. The number of benzene rings is 1. The first kappa shape index (κ1) is 15.3. The van der Waals surface area contributed by atoms with Crippen LogP contribution in [0.1, 0.15) is 17.7 Å². The molecule has 112 valence electrons. The molecule has 0 atom stereocenters. The van der Waals surface area contributed by atoms with Crippen LogP contribution in [0.2, 0.25) is 0 Å². The van der Waals surface area contributed by atoms with Crippen molar-refractivity contribution >= 4 is 22.4 Å². The lowest BCUT2D eigenvalue weighted by Gasteiger charge is -2.08. The summed E-state index contributed by atoms with van der Waals surface area (Å²) in [6.45, 7) is 0.596. The molecule has 1 amide bonds. The van der Waals surface area contributed by atoms with E-state index in [2.05, 4.69) is 10.3 Å². The molecule has 2 rings (SSSR count). The summed E-state index contributed by atoms with van der Waals surface area (Å²) in [7, 11) is 1.65. The second kappa shape index (κ2) is 7.64. The molecule has 1 heterocycles. The van der Waals surface area contributed by atoms with E-state index in [1.54, 1.807) is 7.11 Å². The van der Waals surface area contributed by atoms with E-state index in [1.165, 1.54) is 11.3 Å². The fourth-order valence-electron chi connectivity index (χ4n) is 2.01. The summed E-state index contributed by atoms with van der Waals surface area (Å²) in [4.78, 5) is 15.9. The fraction of sp³-hybridized carbons (Fsp3) is 0.333. The SMILES string of the molecule is COc1ccccc1CCNC(=O)CCc1csc(N)n1. The van der Waals surface area contributed by atoms with E-state index in [0.717, 1.165) is 23.4 Å². The molecular weight excluding hydrogens is 286 g/mol. The number of nitrogens with two attached hydrogens (primary N) is 1. The Bertz CT molecular complexity index is 598. The summed E-state index contributed by atoms with van der Waals surface area (Å²) in [6, 6.07) is 7.82. The molecule has 2 aromatic rings. The number of nitrogens with one attached hydrogen (secondary N) is 1. The molecule has 3 N–H and O–H groups in total. The molecule has 0 aliphatic heterocycles. The van der Waals surface area contributed by atoms with Gasteiger partial charge in [0.15, 0.2) is 5.13 Å². The highest BCUT2D eigenvalue weighted by atomic mass is 32.1. The number of anilines is 1. The van der Waals surface area contributed by atoms with Gasteiger partial charge in [0.25, 0.3) is 0 Å². The number of carbonyl (C=O) groups is 1. The van der Waals surface area contributed by atoms with E-state index in [1.807, 2.05) is 29.6 Å². The molecule has 0 saturated heterocycles. The number of aromatic nitrogens is 1. The Morgan fingerprint density at radius 2 is 2.19 bits per heavy atom. The quantitative estimate of drug-likeness (QED) is 0.820. The van der Waals surface area contributed by atoms with Gasteiger partial charge in [0.2, 0.25) is 5.91 Å². The Morgan fingerprint density at radius 1 is 1.38 bits per heavy atom. The normalized spacial score (nSPS) is 10.3. The molecule has 0 unspecified atom stereocenters. The molecule has 0 aliphatic carbocycles. The van der Waals surface area contributed by atoms with Gasteiger partial charge in [-0.3, -0.25) is 4.79 Å². The van der Waals surface area contributed by atoms with Crippen molar-refractivity contribution in [2.75, 3.05) is 19.4 Å². The third-order valence-corrected chi connectivity index (χ3v) is 3.81. The van der Waals surface area contributed by atoms with Crippen LogP contribution in [0, 0.1) is 0 Å². The van der Waals surface area contributed by atoms with Gasteiger partial charge in [-0.05, 0) is 24.5 Å². The number of amides is 1. The van der Waals surface area contributed by atoms with E-state index in [-0.39, 0.29) is 5.91 Å². The Balaban J connectivity index is 1.71. The van der Waals surface area contributed by atoms with Gasteiger partial charge in [-0.25, -0.2) is 4.98 Å². The number of carbonyl (C=O) groups excluding carboxylic acids is 1. The number of nitrogens with zero attached hydrogens (tertiary/aromatic N) is 1. The lowest BCUT2D eigenvalue weighted by Crippen LogP contribution is -2.26. The Labute approximate surface area is 128 Å². The summed E-state index contributed by atoms with van der Waals surface area (Å²) in [6.07, 6.45) is 1.79. The number of hydrogen-bond acceptors (Lipinski definition) is 5. The summed E-state index contributed by atoms with van der Waals surface area (Å²) in [5.41, 5.74) is 7.51. The predicted octanol–water partition coefficient (Wildman–Crippen LogP) is 2.03. The van der Waals surface area contributed by atoms with Crippen molar-refractivity contribution in [2.45, 2.75) is 19.3 Å². The monoisotopic (exact) mass is 305 g/mol. The van der Waals surface area contributed by atoms with Crippen molar-refractivity contribution in [2.24, 2.45) is 0 Å². The van der Waals surface area contributed by atoms with Crippen molar-refractivity contribution in [3.63, 3.8) is 0 Å². The number of hydrogen-bond donors (Lipinski definition) is 2. The average Bonchev–Trinajstić information content (AvgIpc) is 2.91. The predicted molar refractivity (Wildman–Crippen MR) is 84.6 cm³/mol. The third-order valence-electron chi connectivity index (χ3n) is 3.09. The van der Waals surface area contributed by atoms with Gasteiger partial charge in [-0.1, -0.05) is 18.2 Å². The first-order chi connectivity index (χ1) is 10.2. The highest BCUT2D eigenvalue weighted by Gasteiger charge is 2.06. The van der Waals surface area contributed by atoms with E-state index >= 15 is 0 Å². The van der Waals surface area contributed by atoms with Crippen molar-refractivity contribution in [3.05, 3.63) is 40.9 Å². The largest absolute Gasteiger partial charge is 0.496 e. The molecule has 0 aliphatic rings. The first-order valence-electron chi connectivity index (χ1n) is 6.77.